The molecular weight excluding hydrogens is 760 g/mol. The van der Waals surface area contributed by atoms with Gasteiger partial charge in [0.15, 0.2) is 0 Å². The number of aliphatic hydroxyl groups is 2. The number of rotatable bonds is 25. The molecule has 316 valence electrons. The molecule has 8 atom stereocenters. The van der Waals surface area contributed by atoms with Crippen LogP contribution in [0.15, 0.2) is 30.3 Å². The molecule has 23 nitrogen and oxygen atoms in total. The molecule has 15 N–H and O–H groups in total. The van der Waals surface area contributed by atoms with Crippen molar-refractivity contribution in [2.24, 2.45) is 17.4 Å². The highest BCUT2D eigenvalue weighted by Crippen LogP contribution is 2.09. The number of carbonyl (C=O) groups is 10. The SMILES string of the molecule is CC(C)[C@H](NC(=O)[C@H](CC(=O)O)NC(=O)[C@@H](N)CC(=O)O)C(=O)N[C@@H](CCC(N)=O)C(=O)N[C@H](C(=O)N[C@@H](CO)C(=O)N[C@@H](Cc1ccccc1)C(=O)O)[C@@H](C)O. The molecule has 57 heavy (non-hydrogen) atoms. The number of amides is 7. The second-order valence-electron chi connectivity index (χ2n) is 13.2. The number of carbonyl (C=O) groups excluding carboxylic acids is 7. The molecule has 0 aliphatic rings. The largest absolute Gasteiger partial charge is 0.481 e. The van der Waals surface area contributed by atoms with Crippen molar-refractivity contribution in [3.05, 3.63) is 35.9 Å². The van der Waals surface area contributed by atoms with Crippen molar-refractivity contribution in [1.82, 2.24) is 31.9 Å². The Balaban J connectivity index is 3.20. The molecule has 1 aromatic carbocycles. The Hall–Kier alpha value is -6.20. The zero-order valence-corrected chi connectivity index (χ0v) is 31.3. The monoisotopic (exact) mass is 810 g/mol. The van der Waals surface area contributed by atoms with Gasteiger partial charge in [-0.25, -0.2) is 4.79 Å². The summed E-state index contributed by atoms with van der Waals surface area (Å²) in [4.78, 5) is 124. The van der Waals surface area contributed by atoms with Crippen molar-refractivity contribution in [1.29, 1.82) is 0 Å². The van der Waals surface area contributed by atoms with Gasteiger partial charge >= 0.3 is 17.9 Å². The van der Waals surface area contributed by atoms with Gasteiger partial charge in [0, 0.05) is 12.8 Å². The molecule has 0 aliphatic carbocycles. The maximum Gasteiger partial charge on any atom is 0.326 e. The third kappa shape index (κ3) is 17.4. The summed E-state index contributed by atoms with van der Waals surface area (Å²) in [6.45, 7) is 2.92. The molecule has 0 saturated heterocycles. The van der Waals surface area contributed by atoms with E-state index in [1.165, 1.54) is 13.8 Å². The summed E-state index contributed by atoms with van der Waals surface area (Å²) in [5.41, 5.74) is 11.3. The lowest BCUT2D eigenvalue weighted by atomic mass is 10.0. The fourth-order valence-electron chi connectivity index (χ4n) is 4.99. The molecule has 7 amide bonds. The van der Waals surface area contributed by atoms with Crippen LogP contribution in [0, 0.1) is 5.92 Å². The summed E-state index contributed by atoms with van der Waals surface area (Å²) in [7, 11) is 0. The first-order valence-electron chi connectivity index (χ1n) is 17.4. The number of primary amides is 1. The van der Waals surface area contributed by atoms with Crippen molar-refractivity contribution in [2.45, 2.75) is 101 Å². The Morgan fingerprint density at radius 3 is 1.58 bits per heavy atom. The summed E-state index contributed by atoms with van der Waals surface area (Å²) in [6, 6.07) is -3.62. The normalized spacial score (nSPS) is 15.1. The topological polar surface area (TPSA) is 396 Å². The highest BCUT2D eigenvalue weighted by molar-refractivity contribution is 5.98. The van der Waals surface area contributed by atoms with E-state index in [0.29, 0.717) is 5.56 Å². The van der Waals surface area contributed by atoms with Gasteiger partial charge in [0.05, 0.1) is 31.6 Å². The predicted molar refractivity (Wildman–Crippen MR) is 194 cm³/mol. The third-order valence-corrected chi connectivity index (χ3v) is 8.08. The number of nitrogens with two attached hydrogens (primary N) is 2. The average molecular weight is 811 g/mol. The molecule has 0 heterocycles. The highest BCUT2D eigenvalue weighted by atomic mass is 16.4. The molecule has 0 aromatic heterocycles. The Bertz CT molecular complexity index is 1620. The van der Waals surface area contributed by atoms with Crippen LogP contribution >= 0.6 is 0 Å². The minimum atomic E-state index is -1.87. The molecule has 0 spiro atoms. The van der Waals surface area contributed by atoms with Gasteiger partial charge in [-0.3, -0.25) is 43.2 Å². The molecular formula is C34H50N8O15. The van der Waals surface area contributed by atoms with Crippen LogP contribution in [-0.4, -0.2) is 140 Å². The Kier molecular flexibility index (Phi) is 20.3. The molecule has 0 saturated carbocycles. The highest BCUT2D eigenvalue weighted by Gasteiger charge is 2.36. The van der Waals surface area contributed by atoms with E-state index in [1.807, 2.05) is 5.32 Å². The van der Waals surface area contributed by atoms with Crippen LogP contribution in [0.2, 0.25) is 0 Å². The first-order valence-corrected chi connectivity index (χ1v) is 17.4. The van der Waals surface area contributed by atoms with Crippen LogP contribution in [0.25, 0.3) is 0 Å². The molecule has 0 bridgehead atoms. The van der Waals surface area contributed by atoms with E-state index in [-0.39, 0.29) is 6.42 Å². The van der Waals surface area contributed by atoms with Crippen LogP contribution < -0.4 is 43.4 Å². The average Bonchev–Trinajstić information content (AvgIpc) is 3.11. The standard InChI is InChI=1S/C34H50N8O15/c1-15(2)26(41-30(52)20(13-25(48)49)38-28(50)18(35)12-24(46)47)32(54)37-19(9-10-23(36)45)29(51)42-27(16(3)44)33(55)40-22(14-43)31(53)39-21(34(56)57)11-17-7-5-4-6-8-17/h4-8,15-16,18-22,26-27,43-44H,9-14,35H2,1-3H3,(H2,36,45)(H,37,54)(H,38,50)(H,39,53)(H,40,55)(H,41,52)(H,42,51)(H,46,47)(H,48,49)(H,56,57)/t16-,18+,19+,20+,21+,22+,26+,27+/m1/s1. The van der Waals surface area contributed by atoms with Gasteiger partial charge in [-0.2, -0.15) is 0 Å². The first kappa shape index (κ1) is 48.8. The second-order valence-corrected chi connectivity index (χ2v) is 13.2. The zero-order chi connectivity index (χ0) is 43.6. The number of benzene rings is 1. The molecule has 0 unspecified atom stereocenters. The lowest BCUT2D eigenvalue weighted by Crippen LogP contribution is -2.62. The summed E-state index contributed by atoms with van der Waals surface area (Å²) < 4.78 is 0. The number of hydrogen-bond acceptors (Lipinski definition) is 13. The molecule has 1 aromatic rings. The number of aliphatic carboxylic acids is 3. The fraction of sp³-hybridized carbons (Fsp3) is 0.529. The minimum absolute atomic E-state index is 0.150. The maximum atomic E-state index is 13.5. The quantitative estimate of drug-likeness (QED) is 0.0439. The number of hydrogen-bond donors (Lipinski definition) is 13. The van der Waals surface area contributed by atoms with Crippen molar-refractivity contribution >= 4 is 59.3 Å². The molecule has 1 rings (SSSR count). The van der Waals surface area contributed by atoms with Crippen molar-refractivity contribution in [3.8, 4) is 0 Å². The Labute approximate surface area is 325 Å². The summed E-state index contributed by atoms with van der Waals surface area (Å²) in [5.74, 6) is -13.1. The van der Waals surface area contributed by atoms with E-state index in [4.69, 9.17) is 16.6 Å². The van der Waals surface area contributed by atoms with Crippen LogP contribution in [0.5, 0.6) is 0 Å². The summed E-state index contributed by atoms with van der Waals surface area (Å²) in [6.07, 6.45) is -4.70. The zero-order valence-electron chi connectivity index (χ0n) is 31.3. The Morgan fingerprint density at radius 1 is 0.614 bits per heavy atom. The van der Waals surface area contributed by atoms with E-state index >= 15 is 0 Å². The second kappa shape index (κ2) is 23.7. The first-order chi connectivity index (χ1) is 26.6. The number of aliphatic hydroxyl groups excluding tert-OH is 2. The predicted octanol–water partition coefficient (Wildman–Crippen LogP) is -5.21. The van der Waals surface area contributed by atoms with Gasteiger partial charge in [-0.05, 0) is 24.8 Å². The van der Waals surface area contributed by atoms with Gasteiger partial charge in [-0.1, -0.05) is 44.2 Å². The van der Waals surface area contributed by atoms with Gasteiger partial charge in [0.25, 0.3) is 0 Å². The number of nitrogens with one attached hydrogen (secondary N) is 6. The van der Waals surface area contributed by atoms with Crippen LogP contribution in [-0.2, 0) is 54.4 Å². The summed E-state index contributed by atoms with van der Waals surface area (Å²) in [5, 5.41) is 61.1. The van der Waals surface area contributed by atoms with E-state index < -0.39 is 146 Å². The molecule has 0 radical (unpaired) electrons. The molecule has 23 heteroatoms. The number of carboxylic acid groups (broad SMARTS) is 3. The third-order valence-electron chi connectivity index (χ3n) is 8.08. The Morgan fingerprint density at radius 2 is 1.09 bits per heavy atom. The van der Waals surface area contributed by atoms with E-state index in [9.17, 15) is 68.4 Å². The van der Waals surface area contributed by atoms with Crippen molar-refractivity contribution in [3.63, 3.8) is 0 Å². The van der Waals surface area contributed by atoms with Gasteiger partial charge < -0.3 is 68.9 Å². The van der Waals surface area contributed by atoms with E-state index in [2.05, 4.69) is 26.6 Å². The number of carboxylic acids is 3. The molecule has 0 aliphatic heterocycles. The fourth-order valence-corrected chi connectivity index (χ4v) is 4.99. The smallest absolute Gasteiger partial charge is 0.326 e. The maximum absolute atomic E-state index is 13.5. The van der Waals surface area contributed by atoms with Gasteiger partial charge in [0.1, 0.15) is 36.3 Å². The van der Waals surface area contributed by atoms with E-state index in [1.54, 1.807) is 30.3 Å². The van der Waals surface area contributed by atoms with E-state index in [0.717, 1.165) is 6.92 Å². The lowest BCUT2D eigenvalue weighted by molar-refractivity contribution is -0.142. The van der Waals surface area contributed by atoms with Gasteiger partial charge in [0.2, 0.25) is 41.4 Å². The minimum Gasteiger partial charge on any atom is -0.481 e. The summed E-state index contributed by atoms with van der Waals surface area (Å²) >= 11 is 0. The lowest BCUT2D eigenvalue weighted by Gasteiger charge is -2.29. The van der Waals surface area contributed by atoms with Crippen molar-refractivity contribution in [2.75, 3.05) is 6.61 Å². The van der Waals surface area contributed by atoms with Crippen LogP contribution in [0.4, 0.5) is 0 Å². The van der Waals surface area contributed by atoms with Crippen LogP contribution in [0.3, 0.4) is 0 Å². The van der Waals surface area contributed by atoms with Crippen molar-refractivity contribution < 1.29 is 73.5 Å². The molecule has 0 fully saturated rings. The van der Waals surface area contributed by atoms with Crippen LogP contribution in [0.1, 0.15) is 52.0 Å². The van der Waals surface area contributed by atoms with Gasteiger partial charge in [-0.15, -0.1) is 0 Å².